The molecular formula is C12H11ClO3S. The highest BCUT2D eigenvalue weighted by Crippen LogP contribution is 2.33. The maximum atomic E-state index is 11.3. The molecule has 1 heterocycles. The standard InChI is InChI=1S/C12H11ClO3S/c13-12(16)11-9(5-7(15)6-14)8-3-1-2-4-10(8)17-11/h1-4,7,14-15H,5-6H2. The Hall–Kier alpha value is -0.940. The van der Waals surface area contributed by atoms with Crippen LogP contribution >= 0.6 is 22.9 Å². The van der Waals surface area contributed by atoms with Crippen LogP contribution in [0.4, 0.5) is 0 Å². The number of rotatable bonds is 4. The summed E-state index contributed by atoms with van der Waals surface area (Å²) in [6.45, 7) is -0.333. The minimum Gasteiger partial charge on any atom is -0.394 e. The Bertz CT molecular complexity index is 550. The topological polar surface area (TPSA) is 57.5 Å². The molecule has 0 aliphatic heterocycles. The molecule has 0 spiro atoms. The molecule has 2 N–H and O–H groups in total. The van der Waals surface area contributed by atoms with E-state index in [2.05, 4.69) is 0 Å². The molecule has 2 rings (SSSR count). The number of carbonyl (C=O) groups excluding carboxylic acids is 1. The Morgan fingerprint density at radius 3 is 2.76 bits per heavy atom. The average Bonchev–Trinajstić information content (AvgIpc) is 2.68. The molecule has 0 bridgehead atoms. The Kier molecular flexibility index (Phi) is 3.79. The van der Waals surface area contributed by atoms with Crippen LogP contribution in [0.3, 0.4) is 0 Å². The number of aliphatic hydroxyl groups is 2. The predicted octanol–water partition coefficient (Wildman–Crippen LogP) is 2.18. The lowest BCUT2D eigenvalue weighted by Crippen LogP contribution is -2.15. The Labute approximate surface area is 107 Å². The summed E-state index contributed by atoms with van der Waals surface area (Å²) in [5.74, 6) is 0. The fourth-order valence-corrected chi connectivity index (χ4v) is 3.05. The molecule has 1 atom stereocenters. The summed E-state index contributed by atoms with van der Waals surface area (Å²) in [6, 6.07) is 7.53. The largest absolute Gasteiger partial charge is 0.394 e. The first-order valence-corrected chi connectivity index (χ1v) is 6.32. The molecule has 3 nitrogen and oxygen atoms in total. The minimum atomic E-state index is -0.872. The third-order valence-corrected chi connectivity index (χ3v) is 4.04. The van der Waals surface area contributed by atoms with Gasteiger partial charge in [-0.25, -0.2) is 0 Å². The van der Waals surface area contributed by atoms with Crippen molar-refractivity contribution in [2.45, 2.75) is 12.5 Å². The van der Waals surface area contributed by atoms with Crippen LogP contribution in [0.25, 0.3) is 10.1 Å². The number of carbonyl (C=O) groups is 1. The molecule has 0 saturated carbocycles. The van der Waals surface area contributed by atoms with Gasteiger partial charge < -0.3 is 10.2 Å². The maximum Gasteiger partial charge on any atom is 0.262 e. The Morgan fingerprint density at radius 2 is 2.12 bits per heavy atom. The van der Waals surface area contributed by atoms with E-state index < -0.39 is 11.3 Å². The second kappa shape index (κ2) is 5.14. The zero-order valence-electron chi connectivity index (χ0n) is 8.89. The van der Waals surface area contributed by atoms with Crippen molar-refractivity contribution in [1.29, 1.82) is 0 Å². The molecule has 90 valence electrons. The fraction of sp³-hybridized carbons (Fsp3) is 0.250. The molecule has 1 unspecified atom stereocenters. The summed E-state index contributed by atoms with van der Waals surface area (Å²) >= 11 is 6.84. The monoisotopic (exact) mass is 270 g/mol. The van der Waals surface area contributed by atoms with E-state index in [0.29, 0.717) is 10.4 Å². The van der Waals surface area contributed by atoms with Crippen molar-refractivity contribution in [3.63, 3.8) is 0 Å². The summed E-state index contributed by atoms with van der Waals surface area (Å²) < 4.78 is 0.955. The molecule has 0 radical (unpaired) electrons. The number of aliphatic hydroxyl groups excluding tert-OH is 2. The lowest BCUT2D eigenvalue weighted by Gasteiger charge is -2.07. The third-order valence-electron chi connectivity index (χ3n) is 2.53. The molecule has 0 amide bonds. The van der Waals surface area contributed by atoms with E-state index in [4.69, 9.17) is 16.7 Å². The molecule has 0 aliphatic carbocycles. The van der Waals surface area contributed by atoms with Gasteiger partial charge in [0, 0.05) is 11.1 Å². The Morgan fingerprint density at radius 1 is 1.41 bits per heavy atom. The van der Waals surface area contributed by atoms with Gasteiger partial charge in [-0.3, -0.25) is 4.79 Å². The smallest absolute Gasteiger partial charge is 0.262 e. The zero-order chi connectivity index (χ0) is 12.4. The van der Waals surface area contributed by atoms with E-state index in [-0.39, 0.29) is 13.0 Å². The molecule has 2 aromatic rings. The molecule has 0 fully saturated rings. The van der Waals surface area contributed by atoms with Crippen LogP contribution < -0.4 is 0 Å². The van der Waals surface area contributed by atoms with Gasteiger partial charge in [0.15, 0.2) is 0 Å². The van der Waals surface area contributed by atoms with Gasteiger partial charge >= 0.3 is 0 Å². The van der Waals surface area contributed by atoms with Crippen molar-refractivity contribution >= 4 is 38.3 Å². The van der Waals surface area contributed by atoms with Crippen LogP contribution in [0.1, 0.15) is 15.2 Å². The number of halogens is 1. The van der Waals surface area contributed by atoms with E-state index in [0.717, 1.165) is 10.1 Å². The molecule has 0 saturated heterocycles. The molecule has 1 aromatic carbocycles. The highest BCUT2D eigenvalue weighted by atomic mass is 35.5. The van der Waals surface area contributed by atoms with E-state index in [1.165, 1.54) is 11.3 Å². The third kappa shape index (κ3) is 2.50. The summed E-state index contributed by atoms with van der Waals surface area (Å²) in [4.78, 5) is 11.8. The van der Waals surface area contributed by atoms with Crippen LogP contribution in [-0.4, -0.2) is 28.2 Å². The van der Waals surface area contributed by atoms with Crippen molar-refractivity contribution < 1.29 is 15.0 Å². The van der Waals surface area contributed by atoms with Gasteiger partial charge in [0.25, 0.3) is 5.24 Å². The van der Waals surface area contributed by atoms with Crippen LogP contribution in [0.2, 0.25) is 0 Å². The van der Waals surface area contributed by atoms with Crippen molar-refractivity contribution in [2.75, 3.05) is 6.61 Å². The van der Waals surface area contributed by atoms with Crippen molar-refractivity contribution in [3.05, 3.63) is 34.7 Å². The highest BCUT2D eigenvalue weighted by molar-refractivity contribution is 7.22. The van der Waals surface area contributed by atoms with Crippen LogP contribution in [-0.2, 0) is 6.42 Å². The van der Waals surface area contributed by atoms with Crippen LogP contribution in [0.5, 0.6) is 0 Å². The summed E-state index contributed by atoms with van der Waals surface area (Å²) in [5.41, 5.74) is 0.715. The molecule has 1 aromatic heterocycles. The van der Waals surface area contributed by atoms with E-state index in [9.17, 15) is 9.90 Å². The van der Waals surface area contributed by atoms with E-state index >= 15 is 0 Å². The van der Waals surface area contributed by atoms with Gasteiger partial charge in [-0.2, -0.15) is 0 Å². The Balaban J connectivity index is 2.55. The summed E-state index contributed by atoms with van der Waals surface area (Å²) in [7, 11) is 0. The summed E-state index contributed by atoms with van der Waals surface area (Å²) in [5, 5.41) is 18.8. The number of fused-ring (bicyclic) bond motifs is 1. The minimum absolute atomic E-state index is 0.230. The molecule has 0 aliphatic rings. The summed E-state index contributed by atoms with van der Waals surface area (Å²) in [6.07, 6.45) is -0.642. The van der Waals surface area contributed by atoms with Crippen molar-refractivity contribution in [3.8, 4) is 0 Å². The molecule has 17 heavy (non-hydrogen) atoms. The fourth-order valence-electron chi connectivity index (χ4n) is 1.76. The number of thiophene rings is 1. The zero-order valence-corrected chi connectivity index (χ0v) is 10.5. The second-order valence-electron chi connectivity index (χ2n) is 3.72. The predicted molar refractivity (Wildman–Crippen MR) is 68.8 cm³/mol. The van der Waals surface area contributed by atoms with Gasteiger partial charge in [0.05, 0.1) is 17.6 Å². The first-order chi connectivity index (χ1) is 8.13. The molecular weight excluding hydrogens is 260 g/mol. The lowest BCUT2D eigenvalue weighted by atomic mass is 10.0. The van der Waals surface area contributed by atoms with Crippen molar-refractivity contribution in [1.82, 2.24) is 0 Å². The quantitative estimate of drug-likeness (QED) is 0.837. The van der Waals surface area contributed by atoms with Crippen LogP contribution in [0, 0.1) is 0 Å². The normalized spacial score (nSPS) is 12.9. The number of hydrogen-bond donors (Lipinski definition) is 2. The SMILES string of the molecule is O=C(Cl)c1sc2ccccc2c1CC(O)CO. The van der Waals surface area contributed by atoms with Gasteiger partial charge in [0.2, 0.25) is 0 Å². The first kappa shape index (κ1) is 12.5. The maximum absolute atomic E-state index is 11.3. The van der Waals surface area contributed by atoms with E-state index in [1.807, 2.05) is 24.3 Å². The van der Waals surface area contributed by atoms with Gasteiger partial charge in [0.1, 0.15) is 0 Å². The molecule has 5 heteroatoms. The van der Waals surface area contributed by atoms with Crippen LogP contribution in [0.15, 0.2) is 24.3 Å². The number of benzene rings is 1. The first-order valence-electron chi connectivity index (χ1n) is 5.12. The average molecular weight is 271 g/mol. The second-order valence-corrected chi connectivity index (χ2v) is 5.12. The van der Waals surface area contributed by atoms with Gasteiger partial charge in [-0.15, -0.1) is 11.3 Å². The van der Waals surface area contributed by atoms with Gasteiger partial charge in [-0.1, -0.05) is 18.2 Å². The lowest BCUT2D eigenvalue weighted by molar-refractivity contribution is 0.0953. The van der Waals surface area contributed by atoms with E-state index in [1.54, 1.807) is 0 Å². The number of hydrogen-bond acceptors (Lipinski definition) is 4. The van der Waals surface area contributed by atoms with Gasteiger partial charge in [-0.05, 0) is 28.6 Å². The highest BCUT2D eigenvalue weighted by Gasteiger charge is 2.18. The van der Waals surface area contributed by atoms with Crippen molar-refractivity contribution in [2.24, 2.45) is 0 Å².